The molecule has 0 saturated carbocycles. The zero-order chi connectivity index (χ0) is 17.2. The number of nitrogens with one attached hydrogen (secondary N) is 2. The molecule has 3 aliphatic heterocycles. The van der Waals surface area contributed by atoms with E-state index in [0.717, 1.165) is 51.9 Å². The Labute approximate surface area is 145 Å². The molecule has 0 amide bonds. The van der Waals surface area contributed by atoms with E-state index in [0.29, 0.717) is 23.3 Å². The Morgan fingerprint density at radius 1 is 0.792 bits per heavy atom. The topological polar surface area (TPSA) is 95.6 Å². The molecular weight excluding hydrogens is 350 g/mol. The molecule has 3 saturated heterocycles. The Kier molecular flexibility index (Phi) is 5.86. The van der Waals surface area contributed by atoms with Gasteiger partial charge in [0.1, 0.15) is 0 Å². The van der Waals surface area contributed by atoms with Crippen LogP contribution in [0.3, 0.4) is 0 Å². The van der Waals surface area contributed by atoms with E-state index in [4.69, 9.17) is 0 Å². The van der Waals surface area contributed by atoms with Gasteiger partial charge >= 0.3 is 0 Å². The van der Waals surface area contributed by atoms with Crippen LogP contribution < -0.4 is 10.6 Å². The molecule has 0 bridgehead atoms. The fraction of sp³-hybridized carbons (Fsp3) is 1.00. The number of hydrogen-bond acceptors (Lipinski definition) is 7. The van der Waals surface area contributed by atoms with Gasteiger partial charge in [0.05, 0.1) is 23.0 Å². The first-order valence-corrected chi connectivity index (χ1v) is 12.6. The van der Waals surface area contributed by atoms with Gasteiger partial charge in [-0.25, -0.2) is 16.8 Å². The highest BCUT2D eigenvalue weighted by Gasteiger charge is 2.31. The van der Waals surface area contributed by atoms with E-state index < -0.39 is 19.7 Å². The van der Waals surface area contributed by atoms with Crippen LogP contribution in [0, 0.1) is 0 Å². The molecule has 3 fully saturated rings. The van der Waals surface area contributed by atoms with E-state index in [9.17, 15) is 16.8 Å². The van der Waals surface area contributed by atoms with Gasteiger partial charge in [0, 0.05) is 31.2 Å². The molecule has 0 radical (unpaired) electrons. The fourth-order valence-corrected chi connectivity index (χ4v) is 7.36. The van der Waals surface area contributed by atoms with Gasteiger partial charge in [0.2, 0.25) is 0 Å². The van der Waals surface area contributed by atoms with Crippen LogP contribution in [0.15, 0.2) is 0 Å². The summed E-state index contributed by atoms with van der Waals surface area (Å²) in [5.41, 5.74) is 0. The van der Waals surface area contributed by atoms with Crippen molar-refractivity contribution in [2.45, 2.75) is 43.8 Å². The molecule has 3 aliphatic rings. The van der Waals surface area contributed by atoms with Crippen molar-refractivity contribution in [1.29, 1.82) is 0 Å². The second kappa shape index (κ2) is 7.57. The predicted octanol–water partition coefficient (Wildman–Crippen LogP) is -0.996. The molecule has 2 N–H and O–H groups in total. The Morgan fingerprint density at radius 2 is 1.38 bits per heavy atom. The van der Waals surface area contributed by atoms with Crippen molar-refractivity contribution in [3.05, 3.63) is 0 Å². The van der Waals surface area contributed by atoms with Crippen LogP contribution in [0.5, 0.6) is 0 Å². The molecule has 2 unspecified atom stereocenters. The van der Waals surface area contributed by atoms with E-state index in [2.05, 4.69) is 15.5 Å². The van der Waals surface area contributed by atoms with Crippen LogP contribution in [-0.2, 0) is 19.7 Å². The lowest BCUT2D eigenvalue weighted by molar-refractivity contribution is 0.191. The monoisotopic (exact) mass is 379 g/mol. The van der Waals surface area contributed by atoms with Crippen molar-refractivity contribution in [2.75, 3.05) is 49.2 Å². The van der Waals surface area contributed by atoms with Gasteiger partial charge in [-0.2, -0.15) is 0 Å². The average molecular weight is 380 g/mol. The molecule has 3 heterocycles. The second-order valence-corrected chi connectivity index (χ2v) is 11.9. The molecule has 3 rings (SSSR count). The standard InChI is InChI=1S/C15H29N3O4S2/c19-23(20)9-3-14(11-23)16-5-8-18-6-1-13(2-7-18)17-15-4-10-24(21,22)12-15/h13-17H,1-12H2. The van der Waals surface area contributed by atoms with Crippen LogP contribution in [0.1, 0.15) is 25.7 Å². The molecule has 24 heavy (non-hydrogen) atoms. The highest BCUT2D eigenvalue weighted by molar-refractivity contribution is 7.91. The Hall–Kier alpha value is -0.220. The molecule has 0 aromatic heterocycles. The van der Waals surface area contributed by atoms with Gasteiger partial charge < -0.3 is 15.5 Å². The molecule has 9 heteroatoms. The largest absolute Gasteiger partial charge is 0.312 e. The normalized spacial score (nSPS) is 33.8. The van der Waals surface area contributed by atoms with Gasteiger partial charge in [-0.3, -0.25) is 0 Å². The Morgan fingerprint density at radius 3 is 1.92 bits per heavy atom. The van der Waals surface area contributed by atoms with Gasteiger partial charge in [0.25, 0.3) is 0 Å². The molecule has 7 nitrogen and oxygen atoms in total. The highest BCUT2D eigenvalue weighted by Crippen LogP contribution is 2.16. The van der Waals surface area contributed by atoms with Crippen LogP contribution >= 0.6 is 0 Å². The third kappa shape index (κ3) is 5.39. The maximum absolute atomic E-state index is 11.5. The van der Waals surface area contributed by atoms with Crippen molar-refractivity contribution in [1.82, 2.24) is 15.5 Å². The minimum absolute atomic E-state index is 0.124. The summed E-state index contributed by atoms with van der Waals surface area (Å²) in [5.74, 6) is 1.22. The van der Waals surface area contributed by atoms with Crippen LogP contribution in [-0.4, -0.2) is 89.1 Å². The maximum atomic E-state index is 11.5. The first-order chi connectivity index (χ1) is 11.3. The first-order valence-electron chi connectivity index (χ1n) is 8.94. The van der Waals surface area contributed by atoms with Crippen molar-refractivity contribution < 1.29 is 16.8 Å². The van der Waals surface area contributed by atoms with Gasteiger partial charge in [-0.1, -0.05) is 0 Å². The summed E-state index contributed by atoms with van der Waals surface area (Å²) in [4.78, 5) is 2.40. The lowest BCUT2D eigenvalue weighted by Crippen LogP contribution is -2.48. The summed E-state index contributed by atoms with van der Waals surface area (Å²) in [5, 5.41) is 6.88. The van der Waals surface area contributed by atoms with E-state index in [1.165, 1.54) is 0 Å². The quantitative estimate of drug-likeness (QED) is 0.611. The Balaban J connectivity index is 1.30. The molecule has 140 valence electrons. The van der Waals surface area contributed by atoms with Crippen molar-refractivity contribution in [2.24, 2.45) is 0 Å². The smallest absolute Gasteiger partial charge is 0.151 e. The molecule has 0 aromatic rings. The number of likely N-dealkylation sites (tertiary alicyclic amines) is 1. The Bertz CT molecular complexity index is 627. The summed E-state index contributed by atoms with van der Waals surface area (Å²) in [6.45, 7) is 3.81. The van der Waals surface area contributed by atoms with E-state index in [1.807, 2.05) is 0 Å². The lowest BCUT2D eigenvalue weighted by atomic mass is 10.0. The lowest BCUT2D eigenvalue weighted by Gasteiger charge is -2.34. The van der Waals surface area contributed by atoms with Crippen molar-refractivity contribution in [3.8, 4) is 0 Å². The van der Waals surface area contributed by atoms with Crippen molar-refractivity contribution >= 4 is 19.7 Å². The van der Waals surface area contributed by atoms with Gasteiger partial charge in [-0.05, 0) is 38.8 Å². The number of nitrogens with zero attached hydrogens (tertiary/aromatic N) is 1. The molecule has 0 spiro atoms. The van der Waals surface area contributed by atoms with Gasteiger partial charge in [-0.15, -0.1) is 0 Å². The number of rotatable bonds is 6. The fourth-order valence-electron chi connectivity index (χ4n) is 3.97. The zero-order valence-electron chi connectivity index (χ0n) is 14.1. The van der Waals surface area contributed by atoms with Gasteiger partial charge in [0.15, 0.2) is 19.7 Å². The first kappa shape index (κ1) is 18.6. The van der Waals surface area contributed by atoms with Crippen molar-refractivity contribution in [3.63, 3.8) is 0 Å². The molecule has 0 aromatic carbocycles. The van der Waals surface area contributed by atoms with E-state index >= 15 is 0 Å². The summed E-state index contributed by atoms with van der Waals surface area (Å²) in [7, 11) is -5.61. The summed E-state index contributed by atoms with van der Waals surface area (Å²) in [6.07, 6.45) is 3.58. The minimum atomic E-state index is -2.81. The third-order valence-corrected chi connectivity index (χ3v) is 8.92. The zero-order valence-corrected chi connectivity index (χ0v) is 15.7. The van der Waals surface area contributed by atoms with Crippen LogP contribution in [0.25, 0.3) is 0 Å². The number of piperidine rings is 1. The number of hydrogen-bond donors (Lipinski definition) is 2. The highest BCUT2D eigenvalue weighted by atomic mass is 32.2. The van der Waals surface area contributed by atoms with E-state index in [1.54, 1.807) is 0 Å². The summed E-state index contributed by atoms with van der Waals surface area (Å²) < 4.78 is 45.9. The number of sulfone groups is 2. The molecule has 2 atom stereocenters. The second-order valence-electron chi connectivity index (χ2n) is 7.44. The molecule has 0 aliphatic carbocycles. The summed E-state index contributed by atoms with van der Waals surface area (Å²) in [6, 6.07) is 0.684. The minimum Gasteiger partial charge on any atom is -0.312 e. The maximum Gasteiger partial charge on any atom is 0.151 e. The summed E-state index contributed by atoms with van der Waals surface area (Å²) >= 11 is 0. The van der Waals surface area contributed by atoms with E-state index in [-0.39, 0.29) is 17.8 Å². The van der Waals surface area contributed by atoms with Crippen LogP contribution in [0.4, 0.5) is 0 Å². The average Bonchev–Trinajstić information content (AvgIpc) is 3.02. The van der Waals surface area contributed by atoms with Crippen LogP contribution in [0.2, 0.25) is 0 Å². The SMILES string of the molecule is O=S1(=O)CCC(NCCN2CCC(NC3CCS(=O)(=O)C3)CC2)C1. The molecular formula is C15H29N3O4S2. The predicted molar refractivity (Wildman–Crippen MR) is 94.7 cm³/mol. The third-order valence-electron chi connectivity index (χ3n) is 5.38.